The van der Waals surface area contributed by atoms with Gasteiger partial charge in [-0.25, -0.2) is 0 Å². The molecule has 30 heavy (non-hydrogen) atoms. The van der Waals surface area contributed by atoms with Crippen LogP contribution in [-0.4, -0.2) is 27.8 Å². The van der Waals surface area contributed by atoms with Gasteiger partial charge in [-0.2, -0.15) is 0 Å². The second-order valence-electron chi connectivity index (χ2n) is 6.55. The molecule has 6 nitrogen and oxygen atoms in total. The molecule has 0 saturated heterocycles. The second-order valence-corrected chi connectivity index (χ2v) is 8.30. The van der Waals surface area contributed by atoms with E-state index in [1.54, 1.807) is 49.2 Å². The van der Waals surface area contributed by atoms with Crippen LogP contribution in [0.3, 0.4) is 0 Å². The Hall–Kier alpha value is -2.22. The van der Waals surface area contributed by atoms with Gasteiger partial charge >= 0.3 is 0 Å². The minimum absolute atomic E-state index is 0.180. The van der Waals surface area contributed by atoms with Crippen molar-refractivity contribution in [2.45, 2.75) is 37.3 Å². The summed E-state index contributed by atoms with van der Waals surface area (Å²) in [7, 11) is 1.59. The summed E-state index contributed by atoms with van der Waals surface area (Å²) in [4.78, 5) is 12.6. The quantitative estimate of drug-likeness (QED) is 0.452. The molecule has 158 valence electrons. The lowest BCUT2D eigenvalue weighted by Gasteiger charge is -2.15. The van der Waals surface area contributed by atoms with Crippen LogP contribution in [0.1, 0.15) is 41.6 Å². The zero-order chi connectivity index (χ0) is 21.7. The number of nitrogens with zero attached hydrogens (tertiary/aromatic N) is 3. The molecule has 0 fully saturated rings. The number of hydrogen-bond donors (Lipinski definition) is 1. The van der Waals surface area contributed by atoms with Gasteiger partial charge in [-0.15, -0.1) is 10.2 Å². The van der Waals surface area contributed by atoms with Crippen LogP contribution < -0.4 is 10.1 Å². The number of aromatic nitrogens is 3. The van der Waals surface area contributed by atoms with Gasteiger partial charge in [0.1, 0.15) is 5.75 Å². The van der Waals surface area contributed by atoms with Crippen molar-refractivity contribution in [2.75, 3.05) is 7.11 Å². The lowest BCUT2D eigenvalue weighted by atomic mass is 10.2. The molecular formula is C21H22Cl2N4O2S. The number of ether oxygens (including phenoxy) is 1. The highest BCUT2D eigenvalue weighted by Crippen LogP contribution is 2.28. The van der Waals surface area contributed by atoms with E-state index in [1.807, 2.05) is 30.5 Å². The summed E-state index contributed by atoms with van der Waals surface area (Å²) in [6.45, 7) is 4.61. The summed E-state index contributed by atoms with van der Waals surface area (Å²) in [6, 6.07) is 12.2. The van der Waals surface area contributed by atoms with E-state index in [4.69, 9.17) is 27.9 Å². The predicted octanol–water partition coefficient (Wildman–Crippen LogP) is 5.40. The Morgan fingerprint density at radius 1 is 1.17 bits per heavy atom. The Balaban J connectivity index is 1.68. The molecule has 1 atom stereocenters. The summed E-state index contributed by atoms with van der Waals surface area (Å²) in [5.74, 6) is 1.91. The lowest BCUT2D eigenvalue weighted by Crippen LogP contribution is -2.28. The third-order valence-electron chi connectivity index (χ3n) is 4.50. The Labute approximate surface area is 189 Å². The van der Waals surface area contributed by atoms with E-state index in [1.165, 1.54) is 0 Å². The van der Waals surface area contributed by atoms with Crippen molar-refractivity contribution >= 4 is 40.9 Å². The average molecular weight is 465 g/mol. The van der Waals surface area contributed by atoms with Gasteiger partial charge in [0.25, 0.3) is 5.91 Å². The number of rotatable bonds is 8. The highest BCUT2D eigenvalue weighted by molar-refractivity contribution is 7.98. The van der Waals surface area contributed by atoms with Crippen LogP contribution in [0, 0.1) is 0 Å². The maximum atomic E-state index is 12.6. The molecule has 1 N–H and O–H groups in total. The van der Waals surface area contributed by atoms with E-state index in [-0.39, 0.29) is 11.9 Å². The molecule has 0 aliphatic carbocycles. The molecule has 0 unspecified atom stereocenters. The van der Waals surface area contributed by atoms with Gasteiger partial charge in [0.2, 0.25) is 0 Å². The SMILES string of the molecule is CCn1c(SCc2ccc(Cl)c(Cl)c2)nnc1[C@H](C)NC(=O)c1ccc(OC)cc1. The molecule has 0 aliphatic rings. The van der Waals surface area contributed by atoms with Crippen LogP contribution in [0.15, 0.2) is 47.6 Å². The Morgan fingerprint density at radius 2 is 1.90 bits per heavy atom. The molecule has 9 heteroatoms. The number of carbonyl (C=O) groups is 1. The summed E-state index contributed by atoms with van der Waals surface area (Å²) in [5.41, 5.74) is 1.60. The lowest BCUT2D eigenvalue weighted by molar-refractivity contribution is 0.0937. The number of methoxy groups -OCH3 is 1. The monoisotopic (exact) mass is 464 g/mol. The van der Waals surface area contributed by atoms with E-state index < -0.39 is 0 Å². The number of nitrogens with one attached hydrogen (secondary N) is 1. The van der Waals surface area contributed by atoms with Crippen LogP contribution in [0.5, 0.6) is 5.75 Å². The number of carbonyl (C=O) groups excluding carboxylic acids is 1. The third-order valence-corrected chi connectivity index (χ3v) is 6.28. The van der Waals surface area contributed by atoms with E-state index in [9.17, 15) is 4.79 Å². The van der Waals surface area contributed by atoms with Crippen LogP contribution in [-0.2, 0) is 12.3 Å². The fourth-order valence-corrected chi connectivity index (χ4v) is 4.16. The van der Waals surface area contributed by atoms with Gasteiger partial charge in [0.05, 0.1) is 23.2 Å². The second kappa shape index (κ2) is 10.2. The van der Waals surface area contributed by atoms with Crippen molar-refractivity contribution in [2.24, 2.45) is 0 Å². The van der Waals surface area contributed by atoms with Crippen molar-refractivity contribution < 1.29 is 9.53 Å². The smallest absolute Gasteiger partial charge is 0.251 e. The Bertz CT molecular complexity index is 1020. The maximum Gasteiger partial charge on any atom is 0.251 e. The summed E-state index contributed by atoms with van der Waals surface area (Å²) >= 11 is 13.6. The summed E-state index contributed by atoms with van der Waals surface area (Å²) in [5, 5.41) is 13.5. The minimum atomic E-state index is -0.300. The molecule has 0 spiro atoms. The molecule has 1 aromatic heterocycles. The number of hydrogen-bond acceptors (Lipinski definition) is 5. The first kappa shape index (κ1) is 22.5. The fourth-order valence-electron chi connectivity index (χ4n) is 2.89. The summed E-state index contributed by atoms with van der Waals surface area (Å²) in [6.07, 6.45) is 0. The number of thioether (sulfide) groups is 1. The first-order valence-corrected chi connectivity index (χ1v) is 11.1. The largest absolute Gasteiger partial charge is 0.497 e. The molecule has 0 radical (unpaired) electrons. The number of benzene rings is 2. The molecule has 1 amide bonds. The van der Waals surface area contributed by atoms with Crippen molar-refractivity contribution in [1.29, 1.82) is 0 Å². The van der Waals surface area contributed by atoms with Gasteiger partial charge in [0, 0.05) is 17.9 Å². The molecule has 3 aromatic rings. The topological polar surface area (TPSA) is 69.0 Å². The van der Waals surface area contributed by atoms with E-state index >= 15 is 0 Å². The fraction of sp³-hybridized carbons (Fsp3) is 0.286. The van der Waals surface area contributed by atoms with Gasteiger partial charge in [-0.05, 0) is 55.8 Å². The molecule has 0 saturated carbocycles. The van der Waals surface area contributed by atoms with Crippen LogP contribution in [0.25, 0.3) is 0 Å². The molecular weight excluding hydrogens is 443 g/mol. The van der Waals surface area contributed by atoms with Crippen molar-refractivity contribution in [3.63, 3.8) is 0 Å². The number of amides is 1. The highest BCUT2D eigenvalue weighted by atomic mass is 35.5. The number of halogens is 2. The first-order chi connectivity index (χ1) is 14.4. The van der Waals surface area contributed by atoms with E-state index in [0.29, 0.717) is 39.5 Å². The molecule has 0 aliphatic heterocycles. The molecule has 0 bridgehead atoms. The third kappa shape index (κ3) is 5.28. The maximum absolute atomic E-state index is 12.6. The molecule has 3 rings (SSSR count). The molecule has 2 aromatic carbocycles. The summed E-state index contributed by atoms with van der Waals surface area (Å²) < 4.78 is 7.13. The minimum Gasteiger partial charge on any atom is -0.497 e. The van der Waals surface area contributed by atoms with E-state index in [2.05, 4.69) is 15.5 Å². The first-order valence-electron chi connectivity index (χ1n) is 9.37. The predicted molar refractivity (Wildman–Crippen MR) is 121 cm³/mol. The van der Waals surface area contributed by atoms with Crippen molar-refractivity contribution in [3.8, 4) is 5.75 Å². The van der Waals surface area contributed by atoms with Crippen molar-refractivity contribution in [3.05, 3.63) is 69.5 Å². The zero-order valence-electron chi connectivity index (χ0n) is 16.9. The standard InChI is InChI=1S/C21H22Cl2N4O2S/c1-4-27-19(13(2)24-20(28)15-6-8-16(29-3)9-7-15)25-26-21(27)30-12-14-5-10-17(22)18(23)11-14/h5-11,13H,4,12H2,1-3H3,(H,24,28)/t13-/m0/s1. The van der Waals surface area contributed by atoms with Gasteiger partial charge in [0.15, 0.2) is 11.0 Å². The van der Waals surface area contributed by atoms with Crippen LogP contribution >= 0.6 is 35.0 Å². The molecule has 1 heterocycles. The van der Waals surface area contributed by atoms with Crippen molar-refractivity contribution in [1.82, 2.24) is 20.1 Å². The van der Waals surface area contributed by atoms with Gasteiger partial charge < -0.3 is 14.6 Å². The van der Waals surface area contributed by atoms with Crippen LogP contribution in [0.2, 0.25) is 10.0 Å². The van der Waals surface area contributed by atoms with Gasteiger partial charge in [-0.3, -0.25) is 4.79 Å². The van der Waals surface area contributed by atoms with Crippen LogP contribution in [0.4, 0.5) is 0 Å². The van der Waals surface area contributed by atoms with Gasteiger partial charge in [-0.1, -0.05) is 41.0 Å². The highest BCUT2D eigenvalue weighted by Gasteiger charge is 2.19. The average Bonchev–Trinajstić information content (AvgIpc) is 3.17. The van der Waals surface area contributed by atoms with E-state index in [0.717, 1.165) is 10.7 Å². The normalized spacial score (nSPS) is 11.9. The Morgan fingerprint density at radius 3 is 2.53 bits per heavy atom. The Kier molecular flexibility index (Phi) is 7.64. The zero-order valence-corrected chi connectivity index (χ0v) is 19.2.